The summed E-state index contributed by atoms with van der Waals surface area (Å²) in [6.45, 7) is 6.27. The highest BCUT2D eigenvalue weighted by atomic mass is 79.9. The van der Waals surface area contributed by atoms with Gasteiger partial charge in [0.2, 0.25) is 0 Å². The zero-order valence-electron chi connectivity index (χ0n) is 10.1. The lowest BCUT2D eigenvalue weighted by Gasteiger charge is -2.14. The van der Waals surface area contributed by atoms with E-state index in [-0.39, 0.29) is 10.8 Å². The maximum absolute atomic E-state index is 11.5. The quantitative estimate of drug-likeness (QED) is 0.625. The van der Waals surface area contributed by atoms with Crippen molar-refractivity contribution in [3.05, 3.63) is 34.9 Å². The molecule has 0 spiro atoms. The van der Waals surface area contributed by atoms with Crippen LogP contribution < -0.4 is 0 Å². The number of methoxy groups -OCH3 is 1. The molecular weight excluding hydrogens is 268 g/mol. The Morgan fingerprint density at radius 3 is 2.50 bits per heavy atom. The summed E-state index contributed by atoms with van der Waals surface area (Å²) in [7, 11) is 1.40. The Morgan fingerprint density at radius 2 is 2.00 bits per heavy atom. The van der Waals surface area contributed by atoms with Crippen LogP contribution in [0.1, 0.15) is 41.3 Å². The van der Waals surface area contributed by atoms with Crippen LogP contribution in [0.4, 0.5) is 0 Å². The average molecular weight is 285 g/mol. The molecule has 0 heterocycles. The highest BCUT2D eigenvalue weighted by Crippen LogP contribution is 2.29. The average Bonchev–Trinajstić information content (AvgIpc) is 2.27. The van der Waals surface area contributed by atoms with Crippen molar-refractivity contribution in [1.82, 2.24) is 0 Å². The standard InChI is InChI=1S/C13H17BrO2/c1-8(2)10-6-5-9(3)11(7-10)12(14)13(15)16-4/h5-8,12H,1-4H3. The van der Waals surface area contributed by atoms with Gasteiger partial charge in [-0.15, -0.1) is 0 Å². The van der Waals surface area contributed by atoms with Crippen molar-refractivity contribution in [2.45, 2.75) is 31.5 Å². The van der Waals surface area contributed by atoms with Gasteiger partial charge in [-0.2, -0.15) is 0 Å². The van der Waals surface area contributed by atoms with Crippen LogP contribution in [-0.2, 0) is 9.53 Å². The van der Waals surface area contributed by atoms with Crippen molar-refractivity contribution >= 4 is 21.9 Å². The number of rotatable bonds is 3. The fourth-order valence-corrected chi connectivity index (χ4v) is 2.20. The summed E-state index contributed by atoms with van der Waals surface area (Å²) >= 11 is 3.37. The number of hydrogen-bond donors (Lipinski definition) is 0. The number of halogens is 1. The van der Waals surface area contributed by atoms with Gasteiger partial charge < -0.3 is 4.74 Å². The van der Waals surface area contributed by atoms with Crippen molar-refractivity contribution < 1.29 is 9.53 Å². The maximum Gasteiger partial charge on any atom is 0.324 e. The minimum atomic E-state index is -0.379. The molecule has 0 radical (unpaired) electrons. The van der Waals surface area contributed by atoms with Gasteiger partial charge in [0.15, 0.2) is 0 Å². The Labute approximate surface area is 105 Å². The third kappa shape index (κ3) is 2.85. The molecule has 0 fully saturated rings. The summed E-state index contributed by atoms with van der Waals surface area (Å²) in [5, 5.41) is 0. The number of carbonyl (C=O) groups excluding carboxylic acids is 1. The maximum atomic E-state index is 11.5. The van der Waals surface area contributed by atoms with Crippen molar-refractivity contribution in [2.75, 3.05) is 7.11 Å². The van der Waals surface area contributed by atoms with Gasteiger partial charge in [-0.25, -0.2) is 0 Å². The SMILES string of the molecule is COC(=O)C(Br)c1cc(C(C)C)ccc1C. The zero-order valence-corrected chi connectivity index (χ0v) is 11.7. The summed E-state index contributed by atoms with van der Waals surface area (Å²) in [6.07, 6.45) is 0. The first-order valence-electron chi connectivity index (χ1n) is 5.29. The molecular formula is C13H17BrO2. The number of ether oxygens (including phenoxy) is 1. The van der Waals surface area contributed by atoms with E-state index in [2.05, 4.69) is 41.9 Å². The molecule has 0 N–H and O–H groups in total. The van der Waals surface area contributed by atoms with Crippen LogP contribution in [-0.4, -0.2) is 13.1 Å². The van der Waals surface area contributed by atoms with E-state index in [0.717, 1.165) is 11.1 Å². The van der Waals surface area contributed by atoms with Gasteiger partial charge in [0.25, 0.3) is 0 Å². The highest BCUT2D eigenvalue weighted by molar-refractivity contribution is 9.09. The molecule has 1 aromatic rings. The van der Waals surface area contributed by atoms with Gasteiger partial charge in [-0.05, 0) is 29.5 Å². The molecule has 16 heavy (non-hydrogen) atoms. The number of alkyl halides is 1. The highest BCUT2D eigenvalue weighted by Gasteiger charge is 2.20. The molecule has 3 heteroatoms. The van der Waals surface area contributed by atoms with Gasteiger partial charge in [0, 0.05) is 0 Å². The molecule has 0 aliphatic rings. The lowest BCUT2D eigenvalue weighted by molar-refractivity contribution is -0.139. The van der Waals surface area contributed by atoms with E-state index in [0.29, 0.717) is 5.92 Å². The smallest absolute Gasteiger partial charge is 0.324 e. The van der Waals surface area contributed by atoms with Crippen molar-refractivity contribution in [3.63, 3.8) is 0 Å². The molecule has 0 saturated heterocycles. The molecule has 0 aliphatic carbocycles. The molecule has 1 atom stereocenters. The van der Waals surface area contributed by atoms with Crippen LogP contribution in [0.2, 0.25) is 0 Å². The number of esters is 1. The predicted octanol–water partition coefficient (Wildman–Crippen LogP) is 3.73. The molecule has 2 nitrogen and oxygen atoms in total. The Hall–Kier alpha value is -0.830. The van der Waals surface area contributed by atoms with Crippen molar-refractivity contribution in [3.8, 4) is 0 Å². The fraction of sp³-hybridized carbons (Fsp3) is 0.462. The Bertz CT molecular complexity index is 386. The van der Waals surface area contributed by atoms with Crippen LogP contribution >= 0.6 is 15.9 Å². The van der Waals surface area contributed by atoms with Crippen LogP contribution in [0.5, 0.6) is 0 Å². The predicted molar refractivity (Wildman–Crippen MR) is 69.0 cm³/mol. The van der Waals surface area contributed by atoms with E-state index in [9.17, 15) is 4.79 Å². The first kappa shape index (κ1) is 13.2. The van der Waals surface area contributed by atoms with E-state index in [1.165, 1.54) is 12.7 Å². The second-order valence-corrected chi connectivity index (χ2v) is 5.07. The third-order valence-electron chi connectivity index (χ3n) is 2.65. The van der Waals surface area contributed by atoms with E-state index >= 15 is 0 Å². The first-order valence-corrected chi connectivity index (χ1v) is 6.21. The molecule has 0 aromatic heterocycles. The van der Waals surface area contributed by atoms with Crippen LogP contribution in [0, 0.1) is 6.92 Å². The molecule has 0 aliphatic heterocycles. The summed E-state index contributed by atoms with van der Waals surface area (Å²) in [6, 6.07) is 6.21. The number of hydrogen-bond acceptors (Lipinski definition) is 2. The van der Waals surface area contributed by atoms with Crippen LogP contribution in [0.25, 0.3) is 0 Å². The lowest BCUT2D eigenvalue weighted by atomic mass is 9.96. The number of carbonyl (C=O) groups is 1. The molecule has 1 aromatic carbocycles. The topological polar surface area (TPSA) is 26.3 Å². The van der Waals surface area contributed by atoms with Gasteiger partial charge in [-0.1, -0.05) is 48.0 Å². The molecule has 0 amide bonds. The monoisotopic (exact) mass is 284 g/mol. The van der Waals surface area contributed by atoms with E-state index in [1.807, 2.05) is 13.0 Å². The summed E-state index contributed by atoms with van der Waals surface area (Å²) in [5.74, 6) is 0.195. The summed E-state index contributed by atoms with van der Waals surface area (Å²) in [5.41, 5.74) is 3.31. The largest absolute Gasteiger partial charge is 0.468 e. The van der Waals surface area contributed by atoms with Gasteiger partial charge in [0.05, 0.1) is 7.11 Å². The van der Waals surface area contributed by atoms with Crippen molar-refractivity contribution in [2.24, 2.45) is 0 Å². The number of aryl methyl sites for hydroxylation is 1. The minimum Gasteiger partial charge on any atom is -0.468 e. The minimum absolute atomic E-state index is 0.260. The summed E-state index contributed by atoms with van der Waals surface area (Å²) in [4.78, 5) is 11.1. The normalized spacial score (nSPS) is 12.6. The second kappa shape index (κ2) is 5.48. The zero-order chi connectivity index (χ0) is 12.3. The molecule has 1 unspecified atom stereocenters. The van der Waals surface area contributed by atoms with Crippen LogP contribution in [0.15, 0.2) is 18.2 Å². The fourth-order valence-electron chi connectivity index (χ4n) is 1.52. The number of benzene rings is 1. The molecule has 0 saturated carbocycles. The van der Waals surface area contributed by atoms with Crippen molar-refractivity contribution in [1.29, 1.82) is 0 Å². The Kier molecular flexibility index (Phi) is 4.54. The Balaban J connectivity index is 3.11. The Morgan fingerprint density at radius 1 is 1.38 bits per heavy atom. The lowest BCUT2D eigenvalue weighted by Crippen LogP contribution is -2.10. The van der Waals surface area contributed by atoms with E-state index < -0.39 is 0 Å². The third-order valence-corrected chi connectivity index (χ3v) is 3.52. The molecule has 1 rings (SSSR count). The van der Waals surface area contributed by atoms with Crippen LogP contribution in [0.3, 0.4) is 0 Å². The van der Waals surface area contributed by atoms with Gasteiger partial charge in [-0.3, -0.25) is 4.79 Å². The molecule has 0 bridgehead atoms. The second-order valence-electron chi connectivity index (χ2n) is 4.16. The molecule has 88 valence electrons. The van der Waals surface area contributed by atoms with Gasteiger partial charge >= 0.3 is 5.97 Å². The van der Waals surface area contributed by atoms with E-state index in [1.54, 1.807) is 0 Å². The first-order chi connectivity index (χ1) is 7.47. The van der Waals surface area contributed by atoms with Gasteiger partial charge in [0.1, 0.15) is 4.83 Å². The van der Waals surface area contributed by atoms with E-state index in [4.69, 9.17) is 4.74 Å². The summed E-state index contributed by atoms with van der Waals surface area (Å²) < 4.78 is 4.74.